The minimum absolute atomic E-state index is 0.276. The van der Waals surface area contributed by atoms with Crippen LogP contribution in [0.1, 0.15) is 23.0 Å². The van der Waals surface area contributed by atoms with Crippen LogP contribution in [0, 0.1) is 0 Å². The van der Waals surface area contributed by atoms with Gasteiger partial charge in [0.25, 0.3) is 5.91 Å². The van der Waals surface area contributed by atoms with Gasteiger partial charge in [-0.15, -0.1) is 0 Å². The first-order valence-electron chi connectivity index (χ1n) is 7.40. The number of aromatic amines is 1. The number of halogens is 1. The monoisotopic (exact) mass is 358 g/mol. The molecule has 1 amide bonds. The molecule has 25 heavy (non-hydrogen) atoms. The smallest absolute Gasteiger partial charge is 0.336 e. The Balaban J connectivity index is 1.95. The van der Waals surface area contributed by atoms with Crippen molar-refractivity contribution in [3.63, 3.8) is 0 Å². The van der Waals surface area contributed by atoms with Gasteiger partial charge in [-0.05, 0) is 25.1 Å². The van der Waals surface area contributed by atoms with Crippen molar-refractivity contribution in [1.29, 1.82) is 0 Å². The molecule has 3 aromatic heterocycles. The van der Waals surface area contributed by atoms with Gasteiger partial charge < -0.3 is 15.0 Å². The lowest BCUT2D eigenvalue weighted by Gasteiger charge is -2.27. The Labute approximate surface area is 148 Å². The fourth-order valence-electron chi connectivity index (χ4n) is 2.53. The van der Waals surface area contributed by atoms with Crippen molar-refractivity contribution in [1.82, 2.24) is 20.3 Å². The van der Waals surface area contributed by atoms with Crippen LogP contribution in [0.25, 0.3) is 10.9 Å². The predicted molar refractivity (Wildman–Crippen MR) is 92.2 cm³/mol. The van der Waals surface area contributed by atoms with Gasteiger partial charge in [-0.25, -0.2) is 9.78 Å². The highest BCUT2D eigenvalue weighted by atomic mass is 35.5. The number of ether oxygens (including phenoxy) is 1. The van der Waals surface area contributed by atoms with Crippen LogP contribution < -0.4 is 5.32 Å². The van der Waals surface area contributed by atoms with E-state index in [1.165, 1.54) is 19.5 Å². The molecule has 0 spiro atoms. The van der Waals surface area contributed by atoms with E-state index in [1.54, 1.807) is 37.4 Å². The van der Waals surface area contributed by atoms with Gasteiger partial charge >= 0.3 is 5.97 Å². The molecule has 2 N–H and O–H groups in total. The summed E-state index contributed by atoms with van der Waals surface area (Å²) in [5, 5.41) is 3.78. The highest BCUT2D eigenvalue weighted by Gasteiger charge is 2.38. The van der Waals surface area contributed by atoms with Gasteiger partial charge in [0.15, 0.2) is 5.54 Å². The van der Waals surface area contributed by atoms with Crippen LogP contribution >= 0.6 is 11.6 Å². The summed E-state index contributed by atoms with van der Waals surface area (Å²) in [6.45, 7) is 1.56. The number of rotatable bonds is 4. The Morgan fingerprint density at radius 3 is 2.80 bits per heavy atom. The molecule has 7 nitrogen and oxygen atoms in total. The minimum atomic E-state index is -1.38. The number of aromatic nitrogens is 3. The summed E-state index contributed by atoms with van der Waals surface area (Å²) in [7, 11) is 1.26. The lowest BCUT2D eigenvalue weighted by Crippen LogP contribution is -2.50. The Morgan fingerprint density at radius 1 is 1.32 bits per heavy atom. The maximum Gasteiger partial charge on any atom is 0.336 e. The number of carbonyl (C=O) groups excluding carboxylic acids is 2. The Bertz CT molecular complexity index is 941. The van der Waals surface area contributed by atoms with Crippen LogP contribution in [0.15, 0.2) is 42.9 Å². The number of fused-ring (bicyclic) bond motifs is 1. The van der Waals surface area contributed by atoms with Gasteiger partial charge in [-0.2, -0.15) is 0 Å². The van der Waals surface area contributed by atoms with E-state index in [-0.39, 0.29) is 5.69 Å². The SMILES string of the molecule is COC(=O)[C@@](C)(NC(=O)c1cc2cc(Cl)ncc2[nH]1)c1cccnc1. The summed E-state index contributed by atoms with van der Waals surface area (Å²) in [5.74, 6) is -1.07. The molecule has 0 aliphatic carbocycles. The summed E-state index contributed by atoms with van der Waals surface area (Å²) in [4.78, 5) is 35.9. The molecule has 0 bridgehead atoms. The molecule has 0 unspecified atom stereocenters. The van der Waals surface area contributed by atoms with Crippen molar-refractivity contribution in [2.24, 2.45) is 0 Å². The molecule has 0 radical (unpaired) electrons. The van der Waals surface area contributed by atoms with E-state index in [1.807, 2.05) is 0 Å². The fourth-order valence-corrected chi connectivity index (χ4v) is 2.69. The Kier molecular flexibility index (Phi) is 4.41. The van der Waals surface area contributed by atoms with Crippen molar-refractivity contribution in [2.75, 3.05) is 7.11 Å². The number of carbonyl (C=O) groups is 2. The fraction of sp³-hybridized carbons (Fsp3) is 0.176. The zero-order valence-electron chi connectivity index (χ0n) is 13.5. The molecule has 128 valence electrons. The second-order valence-corrected chi connectivity index (χ2v) is 5.98. The van der Waals surface area contributed by atoms with Crippen molar-refractivity contribution in [2.45, 2.75) is 12.5 Å². The van der Waals surface area contributed by atoms with Crippen LogP contribution in [0.2, 0.25) is 5.15 Å². The molecule has 0 aromatic carbocycles. The van der Waals surface area contributed by atoms with Crippen molar-refractivity contribution in [3.05, 3.63) is 59.3 Å². The maximum atomic E-state index is 12.7. The molecule has 1 atom stereocenters. The molecule has 0 saturated heterocycles. The summed E-state index contributed by atoms with van der Waals surface area (Å²) in [6.07, 6.45) is 4.62. The van der Waals surface area contributed by atoms with Gasteiger partial charge in [0.2, 0.25) is 0 Å². The standard InChI is InChI=1S/C17H15ClN4O3/c1-17(16(24)25-2,11-4-3-5-19-8-11)22-15(23)12-6-10-7-14(18)20-9-13(10)21-12/h3-9,21H,1-2H3,(H,22,23)/t17-/m0/s1. The second-order valence-electron chi connectivity index (χ2n) is 5.59. The first kappa shape index (κ1) is 16.9. The molecule has 0 saturated carbocycles. The van der Waals surface area contributed by atoms with E-state index in [4.69, 9.17) is 16.3 Å². The lowest BCUT2D eigenvalue weighted by atomic mass is 9.93. The number of hydrogen-bond donors (Lipinski definition) is 2. The van der Waals surface area contributed by atoms with Gasteiger partial charge in [-0.3, -0.25) is 9.78 Å². The van der Waals surface area contributed by atoms with Crippen LogP contribution in [-0.4, -0.2) is 33.9 Å². The molecule has 0 aliphatic rings. The van der Waals surface area contributed by atoms with E-state index in [0.29, 0.717) is 16.2 Å². The molecule has 0 fully saturated rings. The third-order valence-corrected chi connectivity index (χ3v) is 4.12. The molecule has 0 aliphatic heterocycles. The average molecular weight is 359 g/mol. The number of methoxy groups -OCH3 is 1. The number of pyridine rings is 2. The zero-order valence-corrected chi connectivity index (χ0v) is 14.3. The number of nitrogens with zero attached hydrogens (tertiary/aromatic N) is 2. The molecule has 8 heteroatoms. The topological polar surface area (TPSA) is 97.0 Å². The molecular weight excluding hydrogens is 344 g/mol. The maximum absolute atomic E-state index is 12.7. The van der Waals surface area contributed by atoms with Gasteiger partial charge in [0.1, 0.15) is 10.8 Å². The van der Waals surface area contributed by atoms with E-state index in [2.05, 4.69) is 20.3 Å². The molecule has 3 heterocycles. The Morgan fingerprint density at radius 2 is 2.12 bits per heavy atom. The van der Waals surface area contributed by atoms with Gasteiger partial charge in [-0.1, -0.05) is 17.7 Å². The molecule has 3 aromatic rings. The van der Waals surface area contributed by atoms with Crippen molar-refractivity contribution >= 4 is 34.4 Å². The normalized spacial score (nSPS) is 13.2. The lowest BCUT2D eigenvalue weighted by molar-refractivity contribution is -0.148. The zero-order chi connectivity index (χ0) is 18.0. The van der Waals surface area contributed by atoms with E-state index < -0.39 is 17.4 Å². The van der Waals surface area contributed by atoms with Crippen LogP contribution in [0.3, 0.4) is 0 Å². The molecule has 3 rings (SSSR count). The van der Waals surface area contributed by atoms with E-state index >= 15 is 0 Å². The highest BCUT2D eigenvalue weighted by molar-refractivity contribution is 6.30. The largest absolute Gasteiger partial charge is 0.467 e. The third kappa shape index (κ3) is 3.18. The summed E-state index contributed by atoms with van der Waals surface area (Å²) in [6, 6.07) is 6.66. The van der Waals surface area contributed by atoms with Gasteiger partial charge in [0, 0.05) is 23.3 Å². The Hall–Kier alpha value is -2.93. The van der Waals surface area contributed by atoms with Crippen molar-refractivity contribution in [3.8, 4) is 0 Å². The number of nitrogens with one attached hydrogen (secondary N) is 2. The summed E-state index contributed by atoms with van der Waals surface area (Å²) < 4.78 is 4.86. The number of H-pyrrole nitrogens is 1. The highest BCUT2D eigenvalue weighted by Crippen LogP contribution is 2.23. The van der Waals surface area contributed by atoms with Crippen LogP contribution in [0.5, 0.6) is 0 Å². The van der Waals surface area contributed by atoms with Crippen LogP contribution in [0.4, 0.5) is 0 Å². The third-order valence-electron chi connectivity index (χ3n) is 3.91. The number of esters is 1. The first-order valence-corrected chi connectivity index (χ1v) is 7.77. The second kappa shape index (κ2) is 6.52. The van der Waals surface area contributed by atoms with E-state index in [9.17, 15) is 9.59 Å². The summed E-state index contributed by atoms with van der Waals surface area (Å²) in [5.41, 5.74) is 0.0672. The predicted octanol–water partition coefficient (Wildman–Crippen LogP) is 2.43. The van der Waals surface area contributed by atoms with E-state index in [0.717, 1.165) is 5.39 Å². The quantitative estimate of drug-likeness (QED) is 0.551. The van der Waals surface area contributed by atoms with Crippen LogP contribution in [-0.2, 0) is 15.1 Å². The number of hydrogen-bond acceptors (Lipinski definition) is 5. The minimum Gasteiger partial charge on any atom is -0.467 e. The first-order chi connectivity index (χ1) is 11.9. The summed E-state index contributed by atoms with van der Waals surface area (Å²) >= 11 is 5.86. The van der Waals surface area contributed by atoms with Gasteiger partial charge in [0.05, 0.1) is 18.8 Å². The van der Waals surface area contributed by atoms with Crippen molar-refractivity contribution < 1.29 is 14.3 Å². The number of amides is 1. The average Bonchev–Trinajstić information content (AvgIpc) is 3.04. The molecular formula is C17H15ClN4O3.